The maximum atomic E-state index is 12.7. The molecule has 0 bridgehead atoms. The first-order chi connectivity index (χ1) is 13.9. The predicted octanol–water partition coefficient (Wildman–Crippen LogP) is 7.15. The lowest BCUT2D eigenvalue weighted by Gasteiger charge is -2.12. The molecule has 0 amide bonds. The standard InChI is InChI=1S/C23H15Cl3O3/c1-13-20(28-12-15-4-2-3-5-17(15)24)9-7-16-22(27)21(29-23(13)16)11-14-6-8-18(25)19(26)10-14/h2-11H,12H2,1H3/b21-11-. The zero-order chi connectivity index (χ0) is 20.5. The van der Waals surface area contributed by atoms with Crippen LogP contribution in [0.15, 0.2) is 60.4 Å². The molecular formula is C23H15Cl3O3. The highest BCUT2D eigenvalue weighted by Gasteiger charge is 2.30. The quantitative estimate of drug-likeness (QED) is 0.400. The molecule has 4 rings (SSSR count). The van der Waals surface area contributed by atoms with Gasteiger partial charge >= 0.3 is 0 Å². The van der Waals surface area contributed by atoms with Crippen molar-refractivity contribution in [1.82, 2.24) is 0 Å². The van der Waals surface area contributed by atoms with Crippen LogP contribution < -0.4 is 9.47 Å². The molecule has 0 saturated heterocycles. The number of hydrogen-bond donors (Lipinski definition) is 0. The molecule has 0 fully saturated rings. The number of halogens is 3. The van der Waals surface area contributed by atoms with Gasteiger partial charge in [-0.2, -0.15) is 0 Å². The molecule has 3 aromatic carbocycles. The van der Waals surface area contributed by atoms with Crippen LogP contribution in [-0.4, -0.2) is 5.78 Å². The molecule has 0 aliphatic carbocycles. The van der Waals surface area contributed by atoms with Crippen molar-refractivity contribution in [3.8, 4) is 11.5 Å². The Morgan fingerprint density at radius 2 is 1.76 bits per heavy atom. The third kappa shape index (κ3) is 3.99. The first-order valence-corrected chi connectivity index (χ1v) is 9.96. The van der Waals surface area contributed by atoms with Gasteiger partial charge in [0.25, 0.3) is 0 Å². The van der Waals surface area contributed by atoms with E-state index in [2.05, 4.69) is 0 Å². The van der Waals surface area contributed by atoms with Gasteiger partial charge in [-0.1, -0.05) is 59.1 Å². The third-order valence-electron chi connectivity index (χ3n) is 4.62. The minimum Gasteiger partial charge on any atom is -0.488 e. The molecule has 0 atom stereocenters. The van der Waals surface area contributed by atoms with Gasteiger partial charge in [-0.25, -0.2) is 0 Å². The topological polar surface area (TPSA) is 35.5 Å². The fourth-order valence-electron chi connectivity index (χ4n) is 3.05. The summed E-state index contributed by atoms with van der Waals surface area (Å²) in [6, 6.07) is 16.1. The van der Waals surface area contributed by atoms with Crippen LogP contribution in [0.1, 0.15) is 27.0 Å². The number of benzene rings is 3. The molecule has 0 aromatic heterocycles. The lowest BCUT2D eigenvalue weighted by molar-refractivity contribution is 0.101. The van der Waals surface area contributed by atoms with Crippen molar-refractivity contribution in [2.75, 3.05) is 0 Å². The van der Waals surface area contributed by atoms with Gasteiger partial charge in [0.2, 0.25) is 5.78 Å². The van der Waals surface area contributed by atoms with Gasteiger partial charge in [-0.05, 0) is 48.9 Å². The van der Waals surface area contributed by atoms with E-state index < -0.39 is 0 Å². The highest BCUT2D eigenvalue weighted by molar-refractivity contribution is 6.42. The fourth-order valence-corrected chi connectivity index (χ4v) is 3.55. The van der Waals surface area contributed by atoms with Gasteiger partial charge in [-0.3, -0.25) is 4.79 Å². The normalized spacial score (nSPS) is 14.1. The third-order valence-corrected chi connectivity index (χ3v) is 5.73. The first kappa shape index (κ1) is 19.8. The van der Waals surface area contributed by atoms with Crippen LogP contribution in [0.5, 0.6) is 11.5 Å². The minimum absolute atomic E-state index is 0.188. The Morgan fingerprint density at radius 1 is 0.966 bits per heavy atom. The van der Waals surface area contributed by atoms with E-state index in [1.54, 1.807) is 36.4 Å². The number of allylic oxidation sites excluding steroid dienone is 1. The summed E-state index contributed by atoms with van der Waals surface area (Å²) < 4.78 is 11.8. The Hall–Kier alpha value is -2.46. The summed E-state index contributed by atoms with van der Waals surface area (Å²) in [5.41, 5.74) is 2.86. The number of ketones is 1. The number of fused-ring (bicyclic) bond motifs is 1. The molecule has 3 nitrogen and oxygen atoms in total. The van der Waals surface area contributed by atoms with Gasteiger partial charge in [-0.15, -0.1) is 0 Å². The number of Topliss-reactive ketones (excluding diaryl/α,β-unsaturated/α-hetero) is 1. The SMILES string of the molecule is Cc1c(OCc2ccccc2Cl)ccc2c1O/C(=C\c1ccc(Cl)c(Cl)c1)C2=O. The van der Waals surface area contributed by atoms with Gasteiger partial charge in [0.1, 0.15) is 18.1 Å². The second kappa shape index (κ2) is 8.11. The molecule has 0 radical (unpaired) electrons. The molecule has 0 N–H and O–H groups in total. The molecule has 146 valence electrons. The Bertz CT molecular complexity index is 1150. The van der Waals surface area contributed by atoms with Crippen molar-refractivity contribution in [1.29, 1.82) is 0 Å². The van der Waals surface area contributed by atoms with Crippen LogP contribution in [0.2, 0.25) is 15.1 Å². The Balaban J connectivity index is 1.59. The molecule has 6 heteroatoms. The molecule has 1 aliphatic heterocycles. The molecule has 1 heterocycles. The van der Waals surface area contributed by atoms with Crippen LogP contribution in [0, 0.1) is 6.92 Å². The van der Waals surface area contributed by atoms with Crippen molar-refractivity contribution in [3.05, 3.63) is 97.7 Å². The smallest absolute Gasteiger partial charge is 0.231 e. The van der Waals surface area contributed by atoms with Crippen LogP contribution in [-0.2, 0) is 6.61 Å². The summed E-state index contributed by atoms with van der Waals surface area (Å²) in [5.74, 6) is 1.17. The predicted molar refractivity (Wildman–Crippen MR) is 116 cm³/mol. The van der Waals surface area contributed by atoms with E-state index in [1.807, 2.05) is 31.2 Å². The van der Waals surface area contributed by atoms with E-state index in [0.717, 1.165) is 16.7 Å². The average Bonchev–Trinajstić information content (AvgIpc) is 3.02. The highest BCUT2D eigenvalue weighted by atomic mass is 35.5. The Labute approximate surface area is 183 Å². The van der Waals surface area contributed by atoms with E-state index in [1.165, 1.54) is 0 Å². The van der Waals surface area contributed by atoms with Crippen LogP contribution >= 0.6 is 34.8 Å². The van der Waals surface area contributed by atoms with Crippen LogP contribution in [0.4, 0.5) is 0 Å². The van der Waals surface area contributed by atoms with Crippen molar-refractivity contribution in [3.63, 3.8) is 0 Å². The summed E-state index contributed by atoms with van der Waals surface area (Å²) >= 11 is 18.2. The van der Waals surface area contributed by atoms with Crippen molar-refractivity contribution >= 4 is 46.7 Å². The van der Waals surface area contributed by atoms with E-state index >= 15 is 0 Å². The maximum Gasteiger partial charge on any atom is 0.231 e. The number of ether oxygens (including phenoxy) is 2. The zero-order valence-corrected chi connectivity index (χ0v) is 17.6. The number of carbonyl (C=O) groups excluding carboxylic acids is 1. The van der Waals surface area contributed by atoms with Gasteiger partial charge in [0.05, 0.1) is 15.6 Å². The monoisotopic (exact) mass is 444 g/mol. The lowest BCUT2D eigenvalue weighted by atomic mass is 10.1. The van der Waals surface area contributed by atoms with Gasteiger partial charge in [0.15, 0.2) is 5.76 Å². The molecule has 0 unspecified atom stereocenters. The van der Waals surface area contributed by atoms with Crippen molar-refractivity contribution < 1.29 is 14.3 Å². The molecule has 3 aromatic rings. The minimum atomic E-state index is -0.188. The van der Waals surface area contributed by atoms with Crippen molar-refractivity contribution in [2.24, 2.45) is 0 Å². The summed E-state index contributed by atoms with van der Waals surface area (Å²) in [5, 5.41) is 1.51. The molecule has 1 aliphatic rings. The average molecular weight is 446 g/mol. The molecule has 0 saturated carbocycles. The maximum absolute atomic E-state index is 12.7. The number of rotatable bonds is 4. The zero-order valence-electron chi connectivity index (χ0n) is 15.3. The van der Waals surface area contributed by atoms with Gasteiger partial charge in [0, 0.05) is 16.1 Å². The van der Waals surface area contributed by atoms with E-state index in [0.29, 0.717) is 38.7 Å². The number of carbonyl (C=O) groups is 1. The molecular weight excluding hydrogens is 431 g/mol. The number of hydrogen-bond acceptors (Lipinski definition) is 3. The lowest BCUT2D eigenvalue weighted by Crippen LogP contribution is -1.99. The second-order valence-corrected chi connectivity index (χ2v) is 7.78. The highest BCUT2D eigenvalue weighted by Crippen LogP contribution is 2.39. The summed E-state index contributed by atoms with van der Waals surface area (Å²) in [7, 11) is 0. The van der Waals surface area contributed by atoms with Crippen LogP contribution in [0.3, 0.4) is 0 Å². The molecule has 29 heavy (non-hydrogen) atoms. The summed E-state index contributed by atoms with van der Waals surface area (Å²) in [6.45, 7) is 2.18. The van der Waals surface area contributed by atoms with E-state index in [9.17, 15) is 4.79 Å². The largest absolute Gasteiger partial charge is 0.488 e. The summed E-state index contributed by atoms with van der Waals surface area (Å²) in [6.07, 6.45) is 1.65. The second-order valence-electron chi connectivity index (χ2n) is 6.56. The van der Waals surface area contributed by atoms with Gasteiger partial charge < -0.3 is 9.47 Å². The van der Waals surface area contributed by atoms with E-state index in [4.69, 9.17) is 44.3 Å². The van der Waals surface area contributed by atoms with Crippen molar-refractivity contribution in [2.45, 2.75) is 13.5 Å². The Kier molecular flexibility index (Phi) is 5.55. The van der Waals surface area contributed by atoms with Crippen LogP contribution in [0.25, 0.3) is 6.08 Å². The fraction of sp³-hybridized carbons (Fsp3) is 0.0870. The van der Waals surface area contributed by atoms with E-state index in [-0.39, 0.29) is 11.5 Å². The Morgan fingerprint density at radius 3 is 2.52 bits per heavy atom. The summed E-state index contributed by atoms with van der Waals surface area (Å²) in [4.78, 5) is 12.7. The first-order valence-electron chi connectivity index (χ1n) is 8.83. The molecule has 0 spiro atoms.